The molecule has 2 aromatic carbocycles. The third kappa shape index (κ3) is 4.37. The summed E-state index contributed by atoms with van der Waals surface area (Å²) in [4.78, 5) is 33.8. The van der Waals surface area contributed by atoms with Gasteiger partial charge in [-0.25, -0.2) is 4.79 Å². The van der Waals surface area contributed by atoms with Gasteiger partial charge < -0.3 is 10.1 Å². The normalized spacial score (nSPS) is 9.96. The largest absolute Gasteiger partial charge is 0.452 e. The van der Waals surface area contributed by atoms with Crippen LogP contribution < -0.4 is 5.32 Å². The number of nitrogens with zero attached hydrogens (tertiary/aromatic N) is 1. The van der Waals surface area contributed by atoms with Crippen LogP contribution in [0.15, 0.2) is 48.5 Å². The van der Waals surface area contributed by atoms with Crippen molar-refractivity contribution in [2.75, 3.05) is 11.9 Å². The maximum absolute atomic E-state index is 11.8. The summed E-state index contributed by atoms with van der Waals surface area (Å²) in [5, 5.41) is 13.3. The lowest BCUT2D eigenvalue weighted by Crippen LogP contribution is -2.21. The van der Waals surface area contributed by atoms with E-state index in [0.29, 0.717) is 11.1 Å². The molecule has 0 atom stereocenters. The van der Waals surface area contributed by atoms with Gasteiger partial charge in [-0.05, 0) is 25.1 Å². The number of hydrogen-bond donors (Lipinski definition) is 1. The Hall–Kier alpha value is -3.22. The van der Waals surface area contributed by atoms with Gasteiger partial charge in [-0.15, -0.1) is 0 Å². The Bertz CT molecular complexity index is 743. The molecule has 23 heavy (non-hydrogen) atoms. The zero-order chi connectivity index (χ0) is 16.8. The Morgan fingerprint density at radius 2 is 1.87 bits per heavy atom. The number of ether oxygens (including phenoxy) is 1. The third-order valence-electron chi connectivity index (χ3n) is 3.03. The molecular formula is C16H14N2O5. The van der Waals surface area contributed by atoms with E-state index >= 15 is 0 Å². The van der Waals surface area contributed by atoms with Gasteiger partial charge in [0.1, 0.15) is 0 Å². The van der Waals surface area contributed by atoms with E-state index in [4.69, 9.17) is 4.74 Å². The second-order valence-electron chi connectivity index (χ2n) is 4.75. The van der Waals surface area contributed by atoms with Gasteiger partial charge in [0.05, 0.1) is 10.5 Å². The van der Waals surface area contributed by atoms with Crippen molar-refractivity contribution in [1.29, 1.82) is 0 Å². The van der Waals surface area contributed by atoms with Gasteiger partial charge in [0, 0.05) is 17.3 Å². The molecule has 0 aromatic heterocycles. The fraction of sp³-hybridized carbons (Fsp3) is 0.125. The third-order valence-corrected chi connectivity index (χ3v) is 3.03. The summed E-state index contributed by atoms with van der Waals surface area (Å²) in [5.74, 6) is -1.19. The summed E-state index contributed by atoms with van der Waals surface area (Å²) in [6.07, 6.45) is 0. The van der Waals surface area contributed by atoms with Crippen LogP contribution >= 0.6 is 0 Å². The second-order valence-corrected chi connectivity index (χ2v) is 4.75. The summed E-state index contributed by atoms with van der Waals surface area (Å²) in [7, 11) is 0. The van der Waals surface area contributed by atoms with E-state index in [1.807, 2.05) is 0 Å². The van der Waals surface area contributed by atoms with Crippen LogP contribution in [0.2, 0.25) is 0 Å². The standard InChI is InChI=1S/C16H14N2O5/c1-11-7-8-13(9-14(11)18(21)22)17-15(19)10-23-16(20)12-5-3-2-4-6-12/h2-9H,10H2,1H3,(H,17,19). The number of hydrogen-bond acceptors (Lipinski definition) is 5. The lowest BCUT2D eigenvalue weighted by molar-refractivity contribution is -0.385. The van der Waals surface area contributed by atoms with Crippen molar-refractivity contribution in [3.63, 3.8) is 0 Å². The summed E-state index contributed by atoms with van der Waals surface area (Å²) in [6, 6.07) is 12.6. The van der Waals surface area contributed by atoms with E-state index in [9.17, 15) is 19.7 Å². The number of amides is 1. The van der Waals surface area contributed by atoms with Gasteiger partial charge >= 0.3 is 5.97 Å². The number of nitro groups is 1. The smallest absolute Gasteiger partial charge is 0.338 e. The molecule has 0 saturated carbocycles. The van der Waals surface area contributed by atoms with Gasteiger partial charge in [-0.2, -0.15) is 0 Å². The lowest BCUT2D eigenvalue weighted by Gasteiger charge is -2.07. The minimum absolute atomic E-state index is 0.0934. The van der Waals surface area contributed by atoms with Crippen molar-refractivity contribution < 1.29 is 19.2 Å². The number of nitro benzene ring substituents is 1. The molecule has 0 saturated heterocycles. The van der Waals surface area contributed by atoms with Gasteiger partial charge in [0.2, 0.25) is 0 Å². The van der Waals surface area contributed by atoms with Crippen molar-refractivity contribution >= 4 is 23.3 Å². The first-order valence-corrected chi connectivity index (χ1v) is 6.74. The quantitative estimate of drug-likeness (QED) is 0.519. The second kappa shape index (κ2) is 7.17. The van der Waals surface area contributed by atoms with Crippen LogP contribution in [0.4, 0.5) is 11.4 Å². The minimum atomic E-state index is -0.615. The average molecular weight is 314 g/mol. The van der Waals surface area contributed by atoms with Crippen molar-refractivity contribution in [3.05, 3.63) is 69.8 Å². The first kappa shape index (κ1) is 16.2. The highest BCUT2D eigenvalue weighted by Crippen LogP contribution is 2.22. The molecule has 7 nitrogen and oxygen atoms in total. The van der Waals surface area contributed by atoms with E-state index in [1.54, 1.807) is 43.3 Å². The van der Waals surface area contributed by atoms with Crippen LogP contribution in [0, 0.1) is 17.0 Å². The Morgan fingerprint density at radius 3 is 2.52 bits per heavy atom. The Kier molecular flexibility index (Phi) is 5.03. The van der Waals surface area contributed by atoms with Crippen LogP contribution in [0.1, 0.15) is 15.9 Å². The average Bonchev–Trinajstić information content (AvgIpc) is 2.55. The molecule has 0 radical (unpaired) electrons. The first-order chi connectivity index (χ1) is 11.0. The van der Waals surface area contributed by atoms with Gasteiger partial charge in [-0.1, -0.05) is 24.3 Å². The molecule has 7 heteroatoms. The first-order valence-electron chi connectivity index (χ1n) is 6.74. The number of anilines is 1. The van der Waals surface area contributed by atoms with Crippen molar-refractivity contribution in [3.8, 4) is 0 Å². The maximum atomic E-state index is 11.8. The predicted octanol–water partition coefficient (Wildman–Crippen LogP) is 2.70. The van der Waals surface area contributed by atoms with E-state index in [0.717, 1.165) is 0 Å². The number of rotatable bonds is 5. The molecule has 2 rings (SSSR count). The molecule has 0 aliphatic heterocycles. The van der Waals surface area contributed by atoms with Crippen LogP contribution in [-0.4, -0.2) is 23.4 Å². The molecule has 1 N–H and O–H groups in total. The van der Waals surface area contributed by atoms with E-state index in [-0.39, 0.29) is 11.4 Å². The maximum Gasteiger partial charge on any atom is 0.338 e. The number of esters is 1. The molecule has 0 spiro atoms. The molecule has 1 amide bonds. The highest BCUT2D eigenvalue weighted by molar-refractivity contribution is 5.95. The van der Waals surface area contributed by atoms with Crippen molar-refractivity contribution in [2.45, 2.75) is 6.92 Å². The van der Waals surface area contributed by atoms with Gasteiger partial charge in [-0.3, -0.25) is 14.9 Å². The number of benzene rings is 2. The Labute approximate surface area is 132 Å². The monoisotopic (exact) mass is 314 g/mol. The fourth-order valence-electron chi connectivity index (χ4n) is 1.87. The number of carbonyl (C=O) groups is 2. The number of aryl methyl sites for hydroxylation is 1. The van der Waals surface area contributed by atoms with Crippen molar-refractivity contribution in [2.24, 2.45) is 0 Å². The van der Waals surface area contributed by atoms with Crippen LogP contribution in [0.3, 0.4) is 0 Å². The molecule has 0 bridgehead atoms. The fourth-order valence-corrected chi connectivity index (χ4v) is 1.87. The molecule has 0 unspecified atom stereocenters. The SMILES string of the molecule is Cc1ccc(NC(=O)COC(=O)c2ccccc2)cc1[N+](=O)[O-]. The van der Waals surface area contributed by atoms with E-state index < -0.39 is 23.4 Å². The molecule has 0 fully saturated rings. The molecule has 0 heterocycles. The van der Waals surface area contributed by atoms with Crippen LogP contribution in [-0.2, 0) is 9.53 Å². The number of carbonyl (C=O) groups excluding carboxylic acids is 2. The zero-order valence-electron chi connectivity index (χ0n) is 12.3. The minimum Gasteiger partial charge on any atom is -0.452 e. The van der Waals surface area contributed by atoms with Crippen LogP contribution in [0.5, 0.6) is 0 Å². The van der Waals surface area contributed by atoms with Gasteiger partial charge in [0.15, 0.2) is 6.61 Å². The molecular weight excluding hydrogens is 300 g/mol. The summed E-state index contributed by atoms with van der Waals surface area (Å²) in [5.41, 5.74) is 1.00. The van der Waals surface area contributed by atoms with Crippen LogP contribution in [0.25, 0.3) is 0 Å². The summed E-state index contributed by atoms with van der Waals surface area (Å²) in [6.45, 7) is 1.13. The highest BCUT2D eigenvalue weighted by atomic mass is 16.6. The van der Waals surface area contributed by atoms with Crippen molar-refractivity contribution in [1.82, 2.24) is 0 Å². The van der Waals surface area contributed by atoms with Gasteiger partial charge in [0.25, 0.3) is 11.6 Å². The van der Waals surface area contributed by atoms with E-state index in [1.165, 1.54) is 12.1 Å². The molecule has 0 aliphatic carbocycles. The molecule has 2 aromatic rings. The molecule has 118 valence electrons. The summed E-state index contributed by atoms with van der Waals surface area (Å²) < 4.78 is 4.88. The summed E-state index contributed by atoms with van der Waals surface area (Å²) >= 11 is 0. The topological polar surface area (TPSA) is 98.5 Å². The lowest BCUT2D eigenvalue weighted by atomic mass is 10.2. The Morgan fingerprint density at radius 1 is 1.17 bits per heavy atom. The molecule has 0 aliphatic rings. The zero-order valence-corrected chi connectivity index (χ0v) is 12.3. The predicted molar refractivity (Wildman–Crippen MR) is 83.2 cm³/mol. The highest BCUT2D eigenvalue weighted by Gasteiger charge is 2.13. The number of nitrogens with one attached hydrogen (secondary N) is 1. The Balaban J connectivity index is 1.94. The van der Waals surface area contributed by atoms with E-state index in [2.05, 4.69) is 5.32 Å².